The zero-order valence-corrected chi connectivity index (χ0v) is 11.2. The standard InChI is InChI=1S/C15H15FN2O2/c1-8-4-3-5-9(2)14(8)18-13-6-10(15(19)20)12(17)7-11(13)16/h3-7,18H,17H2,1-2H3,(H,19,20). The van der Waals surface area contributed by atoms with Crippen LogP contribution in [-0.4, -0.2) is 11.1 Å². The molecule has 0 spiro atoms. The van der Waals surface area contributed by atoms with Crippen molar-refractivity contribution in [3.63, 3.8) is 0 Å². The lowest BCUT2D eigenvalue weighted by Gasteiger charge is -2.14. The van der Waals surface area contributed by atoms with Crippen LogP contribution in [0.1, 0.15) is 21.5 Å². The number of nitrogens with one attached hydrogen (secondary N) is 1. The van der Waals surface area contributed by atoms with Gasteiger partial charge in [-0.15, -0.1) is 0 Å². The number of nitrogen functional groups attached to an aromatic ring is 1. The molecule has 0 aliphatic carbocycles. The van der Waals surface area contributed by atoms with E-state index in [1.165, 1.54) is 6.07 Å². The Bertz CT molecular complexity index is 664. The number of halogens is 1. The minimum absolute atomic E-state index is 0.0917. The van der Waals surface area contributed by atoms with Crippen LogP contribution in [0.5, 0.6) is 0 Å². The van der Waals surface area contributed by atoms with Gasteiger partial charge in [-0.2, -0.15) is 0 Å². The fourth-order valence-corrected chi connectivity index (χ4v) is 2.02. The Morgan fingerprint density at radius 1 is 1.25 bits per heavy atom. The van der Waals surface area contributed by atoms with Crippen LogP contribution in [0.25, 0.3) is 0 Å². The number of carboxylic acid groups (broad SMARTS) is 1. The molecule has 2 aromatic rings. The normalized spacial score (nSPS) is 10.3. The fourth-order valence-electron chi connectivity index (χ4n) is 2.02. The molecule has 5 heteroatoms. The topological polar surface area (TPSA) is 75.3 Å². The van der Waals surface area contributed by atoms with E-state index in [2.05, 4.69) is 5.32 Å². The highest BCUT2D eigenvalue weighted by Gasteiger charge is 2.14. The molecule has 4 nitrogen and oxygen atoms in total. The lowest BCUT2D eigenvalue weighted by atomic mass is 10.1. The second-order valence-corrected chi connectivity index (χ2v) is 4.62. The van der Waals surface area contributed by atoms with Crippen molar-refractivity contribution in [1.29, 1.82) is 0 Å². The Labute approximate surface area is 116 Å². The molecule has 0 aliphatic rings. The second kappa shape index (κ2) is 5.21. The molecule has 20 heavy (non-hydrogen) atoms. The molecule has 0 bridgehead atoms. The van der Waals surface area contributed by atoms with Crippen LogP contribution in [-0.2, 0) is 0 Å². The van der Waals surface area contributed by atoms with Gasteiger partial charge in [-0.25, -0.2) is 9.18 Å². The monoisotopic (exact) mass is 274 g/mol. The molecular formula is C15H15FN2O2. The number of nitrogens with two attached hydrogens (primary N) is 1. The highest BCUT2D eigenvalue weighted by molar-refractivity contribution is 5.95. The zero-order valence-electron chi connectivity index (χ0n) is 11.2. The van der Waals surface area contributed by atoms with Crippen LogP contribution in [0.15, 0.2) is 30.3 Å². The average molecular weight is 274 g/mol. The Morgan fingerprint density at radius 2 is 1.85 bits per heavy atom. The molecule has 0 saturated carbocycles. The molecule has 0 aliphatic heterocycles. The van der Waals surface area contributed by atoms with Gasteiger partial charge in [0.1, 0.15) is 5.82 Å². The summed E-state index contributed by atoms with van der Waals surface area (Å²) >= 11 is 0. The summed E-state index contributed by atoms with van der Waals surface area (Å²) in [5, 5.41) is 12.0. The number of aromatic carboxylic acids is 1. The molecule has 0 amide bonds. The summed E-state index contributed by atoms with van der Waals surface area (Å²) in [4.78, 5) is 11.0. The van der Waals surface area contributed by atoms with Crippen molar-refractivity contribution < 1.29 is 14.3 Å². The van der Waals surface area contributed by atoms with Gasteiger partial charge in [-0.05, 0) is 37.1 Å². The number of hydrogen-bond donors (Lipinski definition) is 3. The minimum atomic E-state index is -1.19. The molecule has 2 aromatic carbocycles. The van der Waals surface area contributed by atoms with Crippen LogP contribution in [0, 0.1) is 19.7 Å². The number of aryl methyl sites for hydroxylation is 2. The van der Waals surface area contributed by atoms with Crippen molar-refractivity contribution in [1.82, 2.24) is 0 Å². The van der Waals surface area contributed by atoms with E-state index < -0.39 is 11.8 Å². The predicted octanol–water partition coefficient (Wildman–Crippen LogP) is 3.47. The molecule has 0 atom stereocenters. The van der Waals surface area contributed by atoms with Gasteiger partial charge in [0.25, 0.3) is 0 Å². The highest BCUT2D eigenvalue weighted by Crippen LogP contribution is 2.28. The molecule has 0 heterocycles. The Kier molecular flexibility index (Phi) is 3.61. The number of rotatable bonds is 3. The first-order valence-corrected chi connectivity index (χ1v) is 6.05. The van der Waals surface area contributed by atoms with Crippen LogP contribution < -0.4 is 11.1 Å². The number of hydrogen-bond acceptors (Lipinski definition) is 3. The van der Waals surface area contributed by atoms with Crippen molar-refractivity contribution in [2.45, 2.75) is 13.8 Å². The molecule has 2 rings (SSSR count). The summed E-state index contributed by atoms with van der Waals surface area (Å²) in [7, 11) is 0. The summed E-state index contributed by atoms with van der Waals surface area (Å²) in [6.45, 7) is 3.78. The van der Waals surface area contributed by atoms with E-state index in [-0.39, 0.29) is 16.9 Å². The summed E-state index contributed by atoms with van der Waals surface area (Å²) < 4.78 is 13.9. The second-order valence-electron chi connectivity index (χ2n) is 4.62. The van der Waals surface area contributed by atoms with Gasteiger partial charge in [0.15, 0.2) is 0 Å². The first-order valence-electron chi connectivity index (χ1n) is 6.05. The maximum atomic E-state index is 13.9. The van der Waals surface area contributed by atoms with Gasteiger partial charge in [-0.3, -0.25) is 0 Å². The fraction of sp³-hybridized carbons (Fsp3) is 0.133. The van der Waals surface area contributed by atoms with Gasteiger partial charge in [0.2, 0.25) is 0 Å². The van der Waals surface area contributed by atoms with E-state index in [0.29, 0.717) is 0 Å². The van der Waals surface area contributed by atoms with Crippen molar-refractivity contribution in [3.8, 4) is 0 Å². The number of carbonyl (C=O) groups is 1. The Hall–Kier alpha value is -2.56. The summed E-state index contributed by atoms with van der Waals surface area (Å²) in [5.41, 5.74) is 8.01. The van der Waals surface area contributed by atoms with Crippen LogP contribution >= 0.6 is 0 Å². The predicted molar refractivity (Wildman–Crippen MR) is 77.0 cm³/mol. The quantitative estimate of drug-likeness (QED) is 0.749. The third kappa shape index (κ3) is 2.56. The van der Waals surface area contributed by atoms with E-state index in [4.69, 9.17) is 10.8 Å². The maximum Gasteiger partial charge on any atom is 0.337 e. The lowest BCUT2D eigenvalue weighted by Crippen LogP contribution is -2.06. The van der Waals surface area contributed by atoms with E-state index in [1.54, 1.807) is 0 Å². The summed E-state index contributed by atoms with van der Waals surface area (Å²) in [6, 6.07) is 7.90. The lowest BCUT2D eigenvalue weighted by molar-refractivity contribution is 0.0698. The van der Waals surface area contributed by atoms with Crippen molar-refractivity contribution in [2.75, 3.05) is 11.1 Å². The molecular weight excluding hydrogens is 259 g/mol. The van der Waals surface area contributed by atoms with Gasteiger partial charge in [0, 0.05) is 11.4 Å². The molecule has 0 unspecified atom stereocenters. The number of benzene rings is 2. The van der Waals surface area contributed by atoms with Crippen LogP contribution in [0.4, 0.5) is 21.5 Å². The number of carboxylic acids is 1. The molecule has 4 N–H and O–H groups in total. The van der Waals surface area contributed by atoms with Crippen molar-refractivity contribution in [2.24, 2.45) is 0 Å². The Morgan fingerprint density at radius 3 is 2.40 bits per heavy atom. The van der Waals surface area contributed by atoms with Gasteiger partial charge < -0.3 is 16.2 Å². The van der Waals surface area contributed by atoms with E-state index >= 15 is 0 Å². The molecule has 0 radical (unpaired) electrons. The third-order valence-electron chi connectivity index (χ3n) is 3.11. The molecule has 0 fully saturated rings. The Balaban J connectivity index is 2.49. The van der Waals surface area contributed by atoms with Crippen molar-refractivity contribution >= 4 is 23.0 Å². The molecule has 104 valence electrons. The van der Waals surface area contributed by atoms with E-state index in [0.717, 1.165) is 22.9 Å². The number of para-hydroxylation sites is 1. The first kappa shape index (κ1) is 13.9. The average Bonchev–Trinajstić information content (AvgIpc) is 2.35. The van der Waals surface area contributed by atoms with E-state index in [9.17, 15) is 9.18 Å². The first-order chi connectivity index (χ1) is 9.40. The smallest absolute Gasteiger partial charge is 0.337 e. The SMILES string of the molecule is Cc1cccc(C)c1Nc1cc(C(=O)O)c(N)cc1F. The largest absolute Gasteiger partial charge is 0.478 e. The van der Waals surface area contributed by atoms with Crippen LogP contribution in [0.3, 0.4) is 0 Å². The van der Waals surface area contributed by atoms with Crippen LogP contribution in [0.2, 0.25) is 0 Å². The van der Waals surface area contributed by atoms with Gasteiger partial charge in [0.05, 0.1) is 11.3 Å². The maximum absolute atomic E-state index is 13.9. The minimum Gasteiger partial charge on any atom is -0.478 e. The van der Waals surface area contributed by atoms with Gasteiger partial charge >= 0.3 is 5.97 Å². The molecule has 0 saturated heterocycles. The number of anilines is 3. The van der Waals surface area contributed by atoms with E-state index in [1.807, 2.05) is 32.0 Å². The summed E-state index contributed by atoms with van der Waals surface area (Å²) in [6.07, 6.45) is 0. The third-order valence-corrected chi connectivity index (χ3v) is 3.11. The molecule has 0 aromatic heterocycles. The summed E-state index contributed by atoms with van der Waals surface area (Å²) in [5.74, 6) is -1.78. The zero-order chi connectivity index (χ0) is 14.9. The highest BCUT2D eigenvalue weighted by atomic mass is 19.1. The van der Waals surface area contributed by atoms with Gasteiger partial charge in [-0.1, -0.05) is 18.2 Å². The van der Waals surface area contributed by atoms with Crippen molar-refractivity contribution in [3.05, 3.63) is 52.8 Å².